The highest BCUT2D eigenvalue weighted by atomic mass is 19.1. The Morgan fingerprint density at radius 3 is 2.57 bits per heavy atom. The van der Waals surface area contributed by atoms with E-state index in [2.05, 4.69) is 0 Å². The van der Waals surface area contributed by atoms with Crippen LogP contribution in [-0.2, 0) is 9.59 Å². The molecule has 0 unspecified atom stereocenters. The Balaban J connectivity index is 1.84. The lowest BCUT2D eigenvalue weighted by Crippen LogP contribution is -2.69. The van der Waals surface area contributed by atoms with Crippen LogP contribution in [0.4, 0.5) is 4.39 Å². The minimum absolute atomic E-state index is 0.0135. The third-order valence-corrected chi connectivity index (χ3v) is 8.43. The summed E-state index contributed by atoms with van der Waals surface area (Å²) < 4.78 is 16.8. The molecule has 0 radical (unpaired) electrons. The largest absolute Gasteiger partial charge is 0.390 e. The van der Waals surface area contributed by atoms with E-state index in [0.29, 0.717) is 18.4 Å². The Labute approximate surface area is 162 Å². The third kappa shape index (κ3) is 2.01. The summed E-state index contributed by atoms with van der Waals surface area (Å²) in [6.45, 7) is 2.33. The zero-order chi connectivity index (χ0) is 20.7. The minimum atomic E-state index is -2.23. The number of hydrogen-bond acceptors (Lipinski definition) is 6. The first-order valence-electron chi connectivity index (χ1n) is 9.82. The second-order valence-electron chi connectivity index (χ2n) is 9.36. The molecule has 0 heterocycles. The zero-order valence-electron chi connectivity index (χ0n) is 16.1. The summed E-state index contributed by atoms with van der Waals surface area (Å²) in [5.41, 5.74) is -6.12. The molecule has 3 fully saturated rings. The fraction of sp³-hybridized carbons (Fsp3) is 0.714. The van der Waals surface area contributed by atoms with E-state index in [0.717, 1.165) is 0 Å². The molecule has 4 aliphatic rings. The van der Waals surface area contributed by atoms with E-state index >= 15 is 4.39 Å². The molecule has 4 aliphatic carbocycles. The number of aliphatic hydroxyl groups excluding tert-OH is 3. The summed E-state index contributed by atoms with van der Waals surface area (Å²) in [6.07, 6.45) is 1.93. The van der Waals surface area contributed by atoms with Gasteiger partial charge in [-0.05, 0) is 50.7 Å². The quantitative estimate of drug-likeness (QED) is 0.546. The van der Waals surface area contributed by atoms with Crippen LogP contribution in [0.25, 0.3) is 0 Å². The Bertz CT molecular complexity index is 807. The molecular formula is C21H27FO6. The van der Waals surface area contributed by atoms with Crippen molar-refractivity contribution in [3.05, 3.63) is 23.8 Å². The number of ketones is 2. The predicted molar refractivity (Wildman–Crippen MR) is 96.8 cm³/mol. The molecule has 4 rings (SSSR count). The molecule has 0 aliphatic heterocycles. The first kappa shape index (κ1) is 19.9. The van der Waals surface area contributed by atoms with Crippen molar-refractivity contribution < 1.29 is 34.4 Å². The maximum atomic E-state index is 16.8. The number of carbonyl (C=O) groups is 2. The first-order valence-corrected chi connectivity index (χ1v) is 9.82. The van der Waals surface area contributed by atoms with Crippen molar-refractivity contribution >= 4 is 11.6 Å². The van der Waals surface area contributed by atoms with Crippen LogP contribution in [0.2, 0.25) is 0 Å². The van der Waals surface area contributed by atoms with E-state index < -0.39 is 58.5 Å². The second kappa shape index (κ2) is 5.81. The normalized spacial score (nSPS) is 52.5. The molecule has 154 valence electrons. The second-order valence-corrected chi connectivity index (χ2v) is 9.36. The highest BCUT2D eigenvalue weighted by Gasteiger charge is 2.76. The Kier molecular flexibility index (Phi) is 4.13. The van der Waals surface area contributed by atoms with Crippen LogP contribution in [0.15, 0.2) is 23.8 Å². The highest BCUT2D eigenvalue weighted by molar-refractivity contribution is 6.01. The summed E-state index contributed by atoms with van der Waals surface area (Å²) in [4.78, 5) is 24.2. The molecule has 8 atom stereocenters. The van der Waals surface area contributed by atoms with Crippen LogP contribution >= 0.6 is 0 Å². The number of hydrogen-bond donors (Lipinski definition) is 4. The molecule has 0 spiro atoms. The molecule has 0 aromatic rings. The van der Waals surface area contributed by atoms with Crippen molar-refractivity contribution in [3.8, 4) is 0 Å². The predicted octanol–water partition coefficient (Wildman–Crippen LogP) is 0.620. The van der Waals surface area contributed by atoms with Crippen LogP contribution in [-0.4, -0.2) is 62.1 Å². The highest BCUT2D eigenvalue weighted by Crippen LogP contribution is 2.69. The molecule has 0 aromatic heterocycles. The van der Waals surface area contributed by atoms with Gasteiger partial charge in [-0.15, -0.1) is 0 Å². The van der Waals surface area contributed by atoms with E-state index in [1.165, 1.54) is 18.2 Å². The smallest absolute Gasteiger partial charge is 0.192 e. The fourth-order valence-corrected chi connectivity index (χ4v) is 6.85. The number of aliphatic hydroxyl groups is 4. The summed E-state index contributed by atoms with van der Waals surface area (Å²) in [5.74, 6) is -2.38. The lowest BCUT2D eigenvalue weighted by molar-refractivity contribution is -0.222. The molecular weight excluding hydrogens is 367 g/mol. The molecule has 0 saturated heterocycles. The lowest BCUT2D eigenvalue weighted by Gasteiger charge is -2.62. The number of allylic oxidation sites excluding steroid dienone is 4. The van der Waals surface area contributed by atoms with Crippen LogP contribution in [0.5, 0.6) is 0 Å². The van der Waals surface area contributed by atoms with E-state index in [4.69, 9.17) is 0 Å². The van der Waals surface area contributed by atoms with Gasteiger partial charge in [0.15, 0.2) is 22.8 Å². The molecule has 7 heteroatoms. The third-order valence-electron chi connectivity index (χ3n) is 8.43. The van der Waals surface area contributed by atoms with Crippen molar-refractivity contribution in [2.75, 3.05) is 6.61 Å². The van der Waals surface area contributed by atoms with Crippen molar-refractivity contribution in [1.82, 2.24) is 0 Å². The van der Waals surface area contributed by atoms with Gasteiger partial charge in [-0.25, -0.2) is 4.39 Å². The fourth-order valence-electron chi connectivity index (χ4n) is 6.85. The van der Waals surface area contributed by atoms with Gasteiger partial charge in [-0.2, -0.15) is 0 Å². The average Bonchev–Trinajstić information content (AvgIpc) is 2.84. The van der Waals surface area contributed by atoms with Gasteiger partial charge in [0.1, 0.15) is 6.61 Å². The number of halogens is 1. The Hall–Kier alpha value is -1.41. The van der Waals surface area contributed by atoms with Crippen molar-refractivity contribution in [3.63, 3.8) is 0 Å². The number of carbonyl (C=O) groups excluding carboxylic acids is 2. The van der Waals surface area contributed by atoms with Crippen LogP contribution in [0.3, 0.4) is 0 Å². The molecule has 4 N–H and O–H groups in total. The summed E-state index contributed by atoms with van der Waals surface area (Å²) >= 11 is 0. The van der Waals surface area contributed by atoms with Crippen LogP contribution in [0.1, 0.15) is 39.5 Å². The topological polar surface area (TPSA) is 115 Å². The van der Waals surface area contributed by atoms with E-state index in [-0.39, 0.29) is 18.6 Å². The minimum Gasteiger partial charge on any atom is -0.390 e. The van der Waals surface area contributed by atoms with Crippen LogP contribution in [0, 0.1) is 22.7 Å². The number of fused-ring (bicyclic) bond motifs is 5. The van der Waals surface area contributed by atoms with Gasteiger partial charge in [0, 0.05) is 16.7 Å². The molecule has 3 saturated carbocycles. The summed E-state index contributed by atoms with van der Waals surface area (Å²) in [6, 6.07) is 0. The SMILES string of the molecule is C[C@]12C=CC(=O)C=C1CC[C@@H]1[C@@H]3C[C@@H](O)[C@](O)(C(=O)CO)[C@@]3(C)C[C@@H](O)[C@@]12F. The molecule has 6 nitrogen and oxygen atoms in total. The number of Topliss-reactive ketones (excluding diaryl/α,β-unsaturated/α-hetero) is 1. The van der Waals surface area contributed by atoms with Gasteiger partial charge in [0.25, 0.3) is 0 Å². The standard InChI is InChI=1S/C21H27FO6/c1-18-6-5-12(24)7-11(18)3-4-13-14-8-15(25)21(28,17(27)10-23)19(14,2)9-16(26)20(13,18)22/h5-7,13-16,23,25-26,28H,3-4,8-10H2,1-2H3/t13-,14+,15-,16-,18+,19+,20+,21+/m1/s1. The van der Waals surface area contributed by atoms with Crippen molar-refractivity contribution in [2.24, 2.45) is 22.7 Å². The van der Waals surface area contributed by atoms with E-state index in [1.807, 2.05) is 0 Å². The van der Waals surface area contributed by atoms with Gasteiger partial charge < -0.3 is 20.4 Å². The number of alkyl halides is 1. The van der Waals surface area contributed by atoms with Crippen molar-refractivity contribution in [1.29, 1.82) is 0 Å². The average molecular weight is 394 g/mol. The summed E-state index contributed by atoms with van der Waals surface area (Å²) in [7, 11) is 0. The lowest BCUT2D eigenvalue weighted by atomic mass is 9.44. The van der Waals surface area contributed by atoms with Crippen molar-refractivity contribution in [2.45, 2.75) is 63.0 Å². The first-order chi connectivity index (χ1) is 13.0. The van der Waals surface area contributed by atoms with Crippen LogP contribution < -0.4 is 0 Å². The Morgan fingerprint density at radius 1 is 1.25 bits per heavy atom. The monoisotopic (exact) mass is 394 g/mol. The summed E-state index contributed by atoms with van der Waals surface area (Å²) in [5, 5.41) is 42.1. The maximum absolute atomic E-state index is 16.8. The van der Waals surface area contributed by atoms with Gasteiger partial charge in [0.05, 0.1) is 12.2 Å². The van der Waals surface area contributed by atoms with Gasteiger partial charge >= 0.3 is 0 Å². The van der Waals surface area contributed by atoms with Gasteiger partial charge in [0.2, 0.25) is 0 Å². The molecule has 0 bridgehead atoms. The zero-order valence-corrected chi connectivity index (χ0v) is 16.1. The van der Waals surface area contributed by atoms with E-state index in [1.54, 1.807) is 13.8 Å². The number of rotatable bonds is 2. The molecule has 28 heavy (non-hydrogen) atoms. The van der Waals surface area contributed by atoms with E-state index in [9.17, 15) is 30.0 Å². The van der Waals surface area contributed by atoms with Gasteiger partial charge in [-0.1, -0.05) is 18.6 Å². The molecule has 0 amide bonds. The maximum Gasteiger partial charge on any atom is 0.192 e. The van der Waals surface area contributed by atoms with Gasteiger partial charge in [-0.3, -0.25) is 9.59 Å². The molecule has 0 aromatic carbocycles. The Morgan fingerprint density at radius 2 is 1.93 bits per heavy atom.